The molecule has 0 aliphatic carbocycles. The first-order valence-corrected chi connectivity index (χ1v) is 8.47. The molecule has 0 aliphatic heterocycles. The summed E-state index contributed by atoms with van der Waals surface area (Å²) in [5.74, 6) is 0.688. The Labute approximate surface area is 150 Å². The third-order valence-corrected chi connectivity index (χ3v) is 4.38. The van der Waals surface area contributed by atoms with Crippen LogP contribution in [0.1, 0.15) is 23.8 Å². The van der Waals surface area contributed by atoms with Crippen LogP contribution < -0.4 is 0 Å². The van der Waals surface area contributed by atoms with Gasteiger partial charge in [-0.2, -0.15) is 5.10 Å². The Hall–Kier alpha value is -3.06. The smallest absolute Gasteiger partial charge is 0.159 e. The molecule has 0 aromatic carbocycles. The maximum absolute atomic E-state index is 10.2. The zero-order valence-corrected chi connectivity index (χ0v) is 14.9. The minimum Gasteiger partial charge on any atom is -0.392 e. The summed E-state index contributed by atoms with van der Waals surface area (Å²) in [4.78, 5) is 9.08. The van der Waals surface area contributed by atoms with Crippen molar-refractivity contribution in [3.05, 3.63) is 47.6 Å². The lowest BCUT2D eigenvalue weighted by Crippen LogP contribution is -2.03. The van der Waals surface area contributed by atoms with Crippen molar-refractivity contribution in [3.63, 3.8) is 0 Å². The van der Waals surface area contributed by atoms with E-state index in [-0.39, 0.29) is 6.61 Å². The van der Waals surface area contributed by atoms with E-state index in [1.807, 2.05) is 37.6 Å². The number of aromatic nitrogens is 5. The standard InChI is InChI=1S/C19H19N5O2/c1-4-24-19-14(9-21-24)17(13-5-11(2)7-20-8-13)15(10-25)18(22-19)16-6-12(3)26-23-16/h5-9,25H,4,10H2,1-3H3. The molecule has 4 heterocycles. The molecule has 0 spiro atoms. The number of hydrogen-bond donors (Lipinski definition) is 1. The van der Waals surface area contributed by atoms with Crippen LogP contribution in [0.25, 0.3) is 33.5 Å². The van der Waals surface area contributed by atoms with Crippen LogP contribution in [-0.2, 0) is 13.2 Å². The van der Waals surface area contributed by atoms with Crippen LogP contribution in [0.4, 0.5) is 0 Å². The molecule has 0 bridgehead atoms. The Morgan fingerprint density at radius 2 is 2.00 bits per heavy atom. The summed E-state index contributed by atoms with van der Waals surface area (Å²) >= 11 is 0. The molecule has 1 N–H and O–H groups in total. The van der Waals surface area contributed by atoms with Crippen molar-refractivity contribution in [2.24, 2.45) is 0 Å². The molecular weight excluding hydrogens is 330 g/mol. The fourth-order valence-electron chi connectivity index (χ4n) is 3.22. The number of aryl methyl sites for hydroxylation is 3. The SMILES string of the molecule is CCn1ncc2c(-c3cncc(C)c3)c(CO)c(-c3cc(C)on3)nc21. The summed E-state index contributed by atoms with van der Waals surface area (Å²) < 4.78 is 7.06. The average molecular weight is 349 g/mol. The maximum atomic E-state index is 10.2. The van der Waals surface area contributed by atoms with Crippen molar-refractivity contribution in [2.45, 2.75) is 33.9 Å². The molecule has 0 amide bonds. The van der Waals surface area contributed by atoms with E-state index in [9.17, 15) is 5.11 Å². The molecule has 26 heavy (non-hydrogen) atoms. The molecule has 7 heteroatoms. The van der Waals surface area contributed by atoms with Gasteiger partial charge in [0.25, 0.3) is 0 Å². The third kappa shape index (κ3) is 2.57. The highest BCUT2D eigenvalue weighted by molar-refractivity contribution is 5.97. The minimum atomic E-state index is -0.176. The molecule has 0 fully saturated rings. The number of hydrogen-bond acceptors (Lipinski definition) is 6. The van der Waals surface area contributed by atoms with Crippen LogP contribution in [0.15, 0.2) is 35.2 Å². The van der Waals surface area contributed by atoms with E-state index >= 15 is 0 Å². The van der Waals surface area contributed by atoms with Crippen LogP contribution >= 0.6 is 0 Å². The number of pyridine rings is 2. The van der Waals surface area contributed by atoms with Gasteiger partial charge in [-0.05, 0) is 32.4 Å². The molecule has 4 rings (SSSR count). The van der Waals surface area contributed by atoms with Gasteiger partial charge in [0.2, 0.25) is 0 Å². The lowest BCUT2D eigenvalue weighted by Gasteiger charge is -2.13. The Morgan fingerprint density at radius 3 is 2.65 bits per heavy atom. The average Bonchev–Trinajstić information content (AvgIpc) is 3.25. The lowest BCUT2D eigenvalue weighted by atomic mass is 9.96. The van der Waals surface area contributed by atoms with Gasteiger partial charge in [-0.3, -0.25) is 4.98 Å². The highest BCUT2D eigenvalue weighted by Crippen LogP contribution is 2.36. The third-order valence-electron chi connectivity index (χ3n) is 4.38. The number of aliphatic hydroxyl groups excluding tert-OH is 1. The van der Waals surface area contributed by atoms with Gasteiger partial charge in [-0.15, -0.1) is 0 Å². The monoisotopic (exact) mass is 349 g/mol. The highest BCUT2D eigenvalue weighted by atomic mass is 16.5. The van der Waals surface area contributed by atoms with Gasteiger partial charge < -0.3 is 9.63 Å². The molecule has 0 atom stereocenters. The number of rotatable bonds is 4. The van der Waals surface area contributed by atoms with E-state index < -0.39 is 0 Å². The number of nitrogens with zero attached hydrogens (tertiary/aromatic N) is 5. The van der Waals surface area contributed by atoms with Crippen LogP contribution in [0.2, 0.25) is 0 Å². The largest absolute Gasteiger partial charge is 0.392 e. The van der Waals surface area contributed by atoms with Gasteiger partial charge in [0.15, 0.2) is 5.65 Å². The van der Waals surface area contributed by atoms with Crippen molar-refractivity contribution in [3.8, 4) is 22.5 Å². The summed E-state index contributed by atoms with van der Waals surface area (Å²) in [5, 5.41) is 19.6. The summed E-state index contributed by atoms with van der Waals surface area (Å²) in [6.07, 6.45) is 5.39. The maximum Gasteiger partial charge on any atom is 0.159 e. The number of fused-ring (bicyclic) bond motifs is 1. The van der Waals surface area contributed by atoms with E-state index in [0.29, 0.717) is 29.3 Å². The Balaban J connectivity index is 2.12. The molecule has 132 valence electrons. The van der Waals surface area contributed by atoms with Gasteiger partial charge in [-0.1, -0.05) is 5.16 Å². The van der Waals surface area contributed by atoms with Crippen LogP contribution in [0.5, 0.6) is 0 Å². The fraction of sp³-hybridized carbons (Fsp3) is 0.263. The first-order valence-electron chi connectivity index (χ1n) is 8.47. The van der Waals surface area contributed by atoms with Gasteiger partial charge in [0, 0.05) is 47.1 Å². The molecule has 7 nitrogen and oxygen atoms in total. The molecular formula is C19H19N5O2. The van der Waals surface area contributed by atoms with E-state index in [1.165, 1.54) is 0 Å². The molecule has 0 aliphatic rings. The first kappa shape index (κ1) is 16.4. The van der Waals surface area contributed by atoms with E-state index in [2.05, 4.69) is 15.2 Å². The fourth-order valence-corrected chi connectivity index (χ4v) is 3.22. The Kier molecular flexibility index (Phi) is 4.00. The van der Waals surface area contributed by atoms with Crippen LogP contribution in [0, 0.1) is 13.8 Å². The van der Waals surface area contributed by atoms with E-state index in [0.717, 1.165) is 27.7 Å². The zero-order chi connectivity index (χ0) is 18.3. The molecule has 0 unspecified atom stereocenters. The molecule has 0 radical (unpaired) electrons. The Morgan fingerprint density at radius 1 is 1.15 bits per heavy atom. The van der Waals surface area contributed by atoms with Crippen molar-refractivity contribution >= 4 is 11.0 Å². The molecule has 4 aromatic rings. The van der Waals surface area contributed by atoms with Gasteiger partial charge in [-0.25, -0.2) is 9.67 Å². The normalized spacial score (nSPS) is 11.4. The highest BCUT2D eigenvalue weighted by Gasteiger charge is 2.22. The van der Waals surface area contributed by atoms with Gasteiger partial charge >= 0.3 is 0 Å². The first-order chi connectivity index (χ1) is 12.6. The number of aliphatic hydroxyl groups is 1. The zero-order valence-electron chi connectivity index (χ0n) is 14.9. The topological polar surface area (TPSA) is 89.9 Å². The van der Waals surface area contributed by atoms with Crippen molar-refractivity contribution in [1.82, 2.24) is 24.9 Å². The van der Waals surface area contributed by atoms with E-state index in [4.69, 9.17) is 9.51 Å². The minimum absolute atomic E-state index is 0.176. The Bertz CT molecular complexity index is 1100. The van der Waals surface area contributed by atoms with Gasteiger partial charge in [0.05, 0.1) is 12.8 Å². The molecule has 0 saturated carbocycles. The second kappa shape index (κ2) is 6.34. The summed E-state index contributed by atoms with van der Waals surface area (Å²) in [5.41, 5.74) is 5.47. The molecule has 4 aromatic heterocycles. The van der Waals surface area contributed by atoms with Crippen molar-refractivity contribution in [1.29, 1.82) is 0 Å². The predicted octanol–water partition coefficient (Wildman–Crippen LogP) is 3.28. The van der Waals surface area contributed by atoms with Crippen molar-refractivity contribution in [2.75, 3.05) is 0 Å². The second-order valence-corrected chi connectivity index (χ2v) is 6.24. The summed E-state index contributed by atoms with van der Waals surface area (Å²) in [7, 11) is 0. The van der Waals surface area contributed by atoms with Crippen LogP contribution in [0.3, 0.4) is 0 Å². The lowest BCUT2D eigenvalue weighted by molar-refractivity contribution is 0.282. The summed E-state index contributed by atoms with van der Waals surface area (Å²) in [6.45, 7) is 6.35. The quantitative estimate of drug-likeness (QED) is 0.608. The van der Waals surface area contributed by atoms with Crippen LogP contribution in [-0.4, -0.2) is 30.0 Å². The predicted molar refractivity (Wildman–Crippen MR) is 97.3 cm³/mol. The van der Waals surface area contributed by atoms with Gasteiger partial charge in [0.1, 0.15) is 17.1 Å². The second-order valence-electron chi connectivity index (χ2n) is 6.24. The van der Waals surface area contributed by atoms with E-state index in [1.54, 1.807) is 18.6 Å². The summed E-state index contributed by atoms with van der Waals surface area (Å²) in [6, 6.07) is 3.86. The van der Waals surface area contributed by atoms with Crippen molar-refractivity contribution < 1.29 is 9.63 Å². The molecule has 0 saturated heterocycles.